The van der Waals surface area contributed by atoms with Crippen LogP contribution < -0.4 is 9.64 Å². The van der Waals surface area contributed by atoms with E-state index in [4.69, 9.17) is 4.74 Å². The van der Waals surface area contributed by atoms with E-state index < -0.39 is 5.82 Å². The molecule has 1 fully saturated rings. The molecule has 6 heteroatoms. The van der Waals surface area contributed by atoms with Gasteiger partial charge < -0.3 is 9.64 Å². The zero-order valence-corrected chi connectivity index (χ0v) is 13.8. The van der Waals surface area contributed by atoms with Gasteiger partial charge in [0.1, 0.15) is 11.6 Å². The summed E-state index contributed by atoms with van der Waals surface area (Å²) in [4.78, 5) is 14.9. The normalized spacial score (nSPS) is 17.6. The molecule has 2 aromatic rings. The number of ketones is 1. The number of piperidine rings is 1. The van der Waals surface area contributed by atoms with Crippen molar-refractivity contribution >= 4 is 11.6 Å². The Hall–Kier alpha value is -2.50. The lowest BCUT2D eigenvalue weighted by atomic mass is 9.89. The molecule has 1 saturated heterocycles. The molecule has 126 valence electrons. The third-order valence-corrected chi connectivity index (χ3v) is 4.33. The van der Waals surface area contributed by atoms with Gasteiger partial charge in [0.2, 0.25) is 0 Å². The van der Waals surface area contributed by atoms with Crippen LogP contribution in [0.1, 0.15) is 28.9 Å². The quantitative estimate of drug-likeness (QED) is 0.807. The second-order valence-electron chi connectivity index (χ2n) is 6.03. The summed E-state index contributed by atoms with van der Waals surface area (Å²) < 4.78 is 18.8. The average molecular weight is 329 g/mol. The number of rotatable bonds is 4. The number of anilines is 1. The Morgan fingerprint density at radius 3 is 2.83 bits per heavy atom. The number of carbonyl (C=O) groups excluding carboxylic acids is 1. The number of hydrogen-bond acceptors (Lipinski definition) is 5. The molecule has 1 aromatic heterocycles. The highest BCUT2D eigenvalue weighted by Crippen LogP contribution is 2.28. The van der Waals surface area contributed by atoms with Crippen LogP contribution in [-0.2, 0) is 0 Å². The van der Waals surface area contributed by atoms with Crippen LogP contribution in [0.3, 0.4) is 0 Å². The number of aromatic nitrogens is 2. The van der Waals surface area contributed by atoms with Crippen molar-refractivity contribution in [1.29, 1.82) is 0 Å². The minimum atomic E-state index is -0.434. The van der Waals surface area contributed by atoms with Gasteiger partial charge in [-0.05, 0) is 50.1 Å². The lowest BCUT2D eigenvalue weighted by molar-refractivity contribution is 0.0903. The molecule has 0 unspecified atom stereocenters. The summed E-state index contributed by atoms with van der Waals surface area (Å²) in [5.41, 5.74) is 1.16. The standard InChI is InChI=1S/C18H20FN3O2/c1-12-5-8-17(21-20-12)22-9-3-4-13(11-22)18(23)15-10-14(19)6-7-16(15)24-2/h5-8,10,13H,3-4,9,11H2,1-2H3/t13-/m1/s1. The molecule has 1 aromatic carbocycles. The molecule has 0 radical (unpaired) electrons. The minimum absolute atomic E-state index is 0.0869. The number of hydrogen-bond donors (Lipinski definition) is 0. The average Bonchev–Trinajstić information content (AvgIpc) is 2.62. The largest absolute Gasteiger partial charge is 0.496 e. The number of methoxy groups -OCH3 is 1. The SMILES string of the molecule is COc1ccc(F)cc1C(=O)[C@@H]1CCCN(c2ccc(C)nn2)C1. The number of carbonyl (C=O) groups is 1. The maximum absolute atomic E-state index is 13.6. The number of Topliss-reactive ketones (excluding diaryl/α,β-unsaturated/α-hetero) is 1. The molecule has 0 N–H and O–H groups in total. The van der Waals surface area contributed by atoms with Gasteiger partial charge in [-0.1, -0.05) is 0 Å². The fourth-order valence-electron chi connectivity index (χ4n) is 3.05. The molecule has 1 atom stereocenters. The van der Waals surface area contributed by atoms with Gasteiger partial charge >= 0.3 is 0 Å². The number of halogens is 1. The minimum Gasteiger partial charge on any atom is -0.496 e. The van der Waals surface area contributed by atoms with Gasteiger partial charge in [-0.2, -0.15) is 5.10 Å². The summed E-state index contributed by atoms with van der Waals surface area (Å²) in [6.45, 7) is 3.27. The van der Waals surface area contributed by atoms with Crippen molar-refractivity contribution in [2.24, 2.45) is 5.92 Å². The number of nitrogens with zero attached hydrogens (tertiary/aromatic N) is 3. The first-order valence-corrected chi connectivity index (χ1v) is 8.01. The lowest BCUT2D eigenvalue weighted by Gasteiger charge is -2.32. The molecule has 2 heterocycles. The van der Waals surface area contributed by atoms with E-state index in [-0.39, 0.29) is 11.7 Å². The van der Waals surface area contributed by atoms with Crippen molar-refractivity contribution < 1.29 is 13.9 Å². The molecule has 24 heavy (non-hydrogen) atoms. The fourth-order valence-corrected chi connectivity index (χ4v) is 3.05. The second-order valence-corrected chi connectivity index (χ2v) is 6.03. The highest BCUT2D eigenvalue weighted by molar-refractivity contribution is 6.00. The Morgan fingerprint density at radius 1 is 1.29 bits per heavy atom. The third-order valence-electron chi connectivity index (χ3n) is 4.33. The monoisotopic (exact) mass is 329 g/mol. The van der Waals surface area contributed by atoms with Gasteiger partial charge in [-0.3, -0.25) is 4.79 Å². The third kappa shape index (κ3) is 3.37. The number of benzene rings is 1. The van der Waals surface area contributed by atoms with Crippen LogP contribution in [0, 0.1) is 18.7 Å². The van der Waals surface area contributed by atoms with Gasteiger partial charge in [0, 0.05) is 19.0 Å². The van der Waals surface area contributed by atoms with Crippen molar-refractivity contribution in [1.82, 2.24) is 10.2 Å². The maximum atomic E-state index is 13.6. The van der Waals surface area contributed by atoms with E-state index in [1.54, 1.807) is 0 Å². The van der Waals surface area contributed by atoms with Crippen LogP contribution in [0.5, 0.6) is 5.75 Å². The predicted octanol–water partition coefficient (Wildman–Crippen LogP) is 3.03. The van der Waals surface area contributed by atoms with Crippen LogP contribution >= 0.6 is 0 Å². The van der Waals surface area contributed by atoms with E-state index in [2.05, 4.69) is 15.1 Å². The van der Waals surface area contributed by atoms with Crippen LogP contribution in [0.2, 0.25) is 0 Å². The van der Waals surface area contributed by atoms with E-state index in [9.17, 15) is 9.18 Å². The van der Waals surface area contributed by atoms with Gasteiger partial charge in [0.15, 0.2) is 11.6 Å². The first kappa shape index (κ1) is 16.4. The zero-order chi connectivity index (χ0) is 17.1. The van der Waals surface area contributed by atoms with Crippen molar-refractivity contribution in [2.45, 2.75) is 19.8 Å². The Balaban J connectivity index is 1.80. The predicted molar refractivity (Wildman–Crippen MR) is 89.0 cm³/mol. The summed E-state index contributed by atoms with van der Waals surface area (Å²) in [5, 5.41) is 8.27. The highest BCUT2D eigenvalue weighted by atomic mass is 19.1. The molecule has 1 aliphatic heterocycles. The summed E-state index contributed by atoms with van der Waals surface area (Å²) >= 11 is 0. The molecule has 1 aliphatic rings. The Bertz CT molecular complexity index is 734. The molecule has 0 bridgehead atoms. The van der Waals surface area contributed by atoms with E-state index in [1.165, 1.54) is 25.3 Å². The highest BCUT2D eigenvalue weighted by Gasteiger charge is 2.29. The van der Waals surface area contributed by atoms with Crippen LogP contribution in [0.25, 0.3) is 0 Å². The Kier molecular flexibility index (Phi) is 4.74. The second kappa shape index (κ2) is 6.95. The van der Waals surface area contributed by atoms with E-state index in [1.807, 2.05) is 19.1 Å². The molecule has 3 rings (SSSR count). The van der Waals surface area contributed by atoms with Crippen molar-refractivity contribution in [3.63, 3.8) is 0 Å². The summed E-state index contributed by atoms with van der Waals surface area (Å²) in [5.74, 6) is 0.447. The van der Waals surface area contributed by atoms with Crippen molar-refractivity contribution in [3.05, 3.63) is 47.4 Å². The topological polar surface area (TPSA) is 55.3 Å². The van der Waals surface area contributed by atoms with Crippen LogP contribution in [0.4, 0.5) is 10.2 Å². The fraction of sp³-hybridized carbons (Fsp3) is 0.389. The van der Waals surface area contributed by atoms with Gasteiger partial charge in [-0.25, -0.2) is 4.39 Å². The molecule has 0 aliphatic carbocycles. The number of aryl methyl sites for hydroxylation is 1. The molecular weight excluding hydrogens is 309 g/mol. The summed E-state index contributed by atoms with van der Waals surface area (Å²) in [6, 6.07) is 7.87. The first-order chi connectivity index (χ1) is 11.6. The molecule has 0 spiro atoms. The molecule has 5 nitrogen and oxygen atoms in total. The van der Waals surface area contributed by atoms with E-state index in [0.29, 0.717) is 17.9 Å². The Labute approximate surface area is 140 Å². The summed E-state index contributed by atoms with van der Waals surface area (Å²) in [7, 11) is 1.49. The lowest BCUT2D eigenvalue weighted by Crippen LogP contribution is -2.39. The Morgan fingerprint density at radius 2 is 2.12 bits per heavy atom. The molecular formula is C18H20FN3O2. The smallest absolute Gasteiger partial charge is 0.171 e. The van der Waals surface area contributed by atoms with Gasteiger partial charge in [0.05, 0.1) is 18.4 Å². The van der Waals surface area contributed by atoms with Crippen LogP contribution in [0.15, 0.2) is 30.3 Å². The van der Waals surface area contributed by atoms with Crippen LogP contribution in [-0.4, -0.2) is 36.2 Å². The first-order valence-electron chi connectivity index (χ1n) is 8.01. The van der Waals surface area contributed by atoms with Crippen molar-refractivity contribution in [2.75, 3.05) is 25.1 Å². The van der Waals surface area contributed by atoms with E-state index >= 15 is 0 Å². The maximum Gasteiger partial charge on any atom is 0.171 e. The number of ether oxygens (including phenoxy) is 1. The zero-order valence-electron chi connectivity index (χ0n) is 13.8. The molecule has 0 amide bonds. The molecule has 0 saturated carbocycles. The van der Waals surface area contributed by atoms with Crippen molar-refractivity contribution in [3.8, 4) is 5.75 Å². The summed E-state index contributed by atoms with van der Waals surface area (Å²) in [6.07, 6.45) is 1.65. The van der Waals surface area contributed by atoms with E-state index in [0.717, 1.165) is 30.9 Å². The van der Waals surface area contributed by atoms with Gasteiger partial charge in [0.25, 0.3) is 0 Å². The van der Waals surface area contributed by atoms with Gasteiger partial charge in [-0.15, -0.1) is 5.10 Å².